The van der Waals surface area contributed by atoms with Gasteiger partial charge >= 0.3 is 0 Å². The van der Waals surface area contributed by atoms with Crippen LogP contribution in [0.2, 0.25) is 25.7 Å². The van der Waals surface area contributed by atoms with Gasteiger partial charge in [-0.1, -0.05) is 38.4 Å². The number of carbonyl (C=O) groups excluding carboxylic acids is 1. The summed E-state index contributed by atoms with van der Waals surface area (Å²) in [6.45, 7) is 16.3. The number of rotatable bonds is 14. The van der Waals surface area contributed by atoms with Crippen molar-refractivity contribution in [1.29, 1.82) is 0 Å². The number of hydrogen-bond acceptors (Lipinski definition) is 10. The van der Waals surface area contributed by atoms with Crippen LogP contribution in [0.3, 0.4) is 0 Å². The molecule has 2 fully saturated rings. The molecule has 3 aromatic heterocycles. The molecule has 6 rings (SSSR count). The van der Waals surface area contributed by atoms with Crippen molar-refractivity contribution < 1.29 is 22.7 Å². The lowest BCUT2D eigenvalue weighted by Crippen LogP contribution is -2.46. The van der Waals surface area contributed by atoms with E-state index in [1.165, 1.54) is 0 Å². The summed E-state index contributed by atoms with van der Waals surface area (Å²) in [6.07, 6.45) is 4.89. The minimum atomic E-state index is -3.50. The van der Waals surface area contributed by atoms with Crippen LogP contribution in [-0.2, 0) is 32.8 Å². The highest BCUT2D eigenvalue weighted by Gasteiger charge is 2.24. The molecule has 2 saturated heterocycles. The van der Waals surface area contributed by atoms with E-state index < -0.39 is 18.1 Å². The predicted octanol–water partition coefficient (Wildman–Crippen LogP) is 4.92. The number of carbonyl (C=O) groups is 1. The van der Waals surface area contributed by atoms with Crippen molar-refractivity contribution in [1.82, 2.24) is 29.1 Å². The molecule has 2 N–H and O–H groups in total. The van der Waals surface area contributed by atoms with Crippen molar-refractivity contribution in [2.45, 2.75) is 57.8 Å². The summed E-state index contributed by atoms with van der Waals surface area (Å²) in [5.41, 5.74) is 4.61. The number of ether oxygens (including phenoxy) is 2. The molecule has 2 aliphatic rings. The Morgan fingerprint density at radius 3 is 2.61 bits per heavy atom. The largest absolute Gasteiger partial charge is 0.378 e. The van der Waals surface area contributed by atoms with Gasteiger partial charge in [0.1, 0.15) is 30.2 Å². The molecule has 0 bridgehead atoms. The summed E-state index contributed by atoms with van der Waals surface area (Å²) in [4.78, 5) is 31.4. The molecule has 0 radical (unpaired) electrons. The van der Waals surface area contributed by atoms with E-state index in [1.807, 2.05) is 30.3 Å². The van der Waals surface area contributed by atoms with Gasteiger partial charge in [-0.2, -0.15) is 0 Å². The Bertz CT molecular complexity index is 1940. The van der Waals surface area contributed by atoms with E-state index in [9.17, 15) is 13.2 Å². The second-order valence-electron chi connectivity index (χ2n) is 14.3. The maximum atomic E-state index is 13.3. The molecule has 51 heavy (non-hydrogen) atoms. The van der Waals surface area contributed by atoms with E-state index in [4.69, 9.17) is 14.5 Å². The molecule has 15 heteroatoms. The molecule has 5 heterocycles. The molecule has 13 nitrogen and oxygen atoms in total. The molecule has 4 aromatic rings. The number of nitrogens with zero attached hydrogens (tertiary/aromatic N) is 6. The summed E-state index contributed by atoms with van der Waals surface area (Å²) >= 11 is 0. The molecule has 272 valence electrons. The van der Waals surface area contributed by atoms with Crippen LogP contribution in [0.4, 0.5) is 11.5 Å². The van der Waals surface area contributed by atoms with Gasteiger partial charge in [0, 0.05) is 64.2 Å². The summed E-state index contributed by atoms with van der Waals surface area (Å²) in [7, 11) is -4.75. The number of morpholine rings is 1. The second-order valence-corrected chi connectivity index (χ2v) is 21.6. The van der Waals surface area contributed by atoms with E-state index in [0.717, 1.165) is 77.6 Å². The van der Waals surface area contributed by atoms with E-state index in [2.05, 4.69) is 66.7 Å². The number of nitrogens with one attached hydrogen (secondary N) is 2. The van der Waals surface area contributed by atoms with Gasteiger partial charge in [0.2, 0.25) is 10.0 Å². The van der Waals surface area contributed by atoms with Gasteiger partial charge < -0.3 is 24.3 Å². The first-order valence-electron chi connectivity index (χ1n) is 17.5. The fourth-order valence-corrected chi connectivity index (χ4v) is 7.94. The SMILES string of the molecule is C=CS(=O)(=O)NC1CCCN(Cc2ccnc(C(=O)Nc3ccc(-c4cc5c(N6CCOCC6)ncnc5n4COCC[Si](C)(C)C)cc3)c2)C1. The van der Waals surface area contributed by atoms with Crippen molar-refractivity contribution in [2.75, 3.05) is 56.2 Å². The molecule has 2 aliphatic heterocycles. The highest BCUT2D eigenvalue weighted by Crippen LogP contribution is 2.33. The Labute approximate surface area is 301 Å². The predicted molar refractivity (Wildman–Crippen MR) is 203 cm³/mol. The minimum Gasteiger partial charge on any atom is -0.378 e. The van der Waals surface area contributed by atoms with Crippen molar-refractivity contribution in [3.05, 3.63) is 78.2 Å². The molecule has 1 amide bonds. The van der Waals surface area contributed by atoms with Crippen LogP contribution in [0, 0.1) is 0 Å². The summed E-state index contributed by atoms with van der Waals surface area (Å²) in [5, 5.41) is 4.89. The van der Waals surface area contributed by atoms with Crippen LogP contribution >= 0.6 is 0 Å². The lowest BCUT2D eigenvalue weighted by atomic mass is 10.1. The minimum absolute atomic E-state index is 0.183. The summed E-state index contributed by atoms with van der Waals surface area (Å²) in [6, 6.07) is 14.4. The zero-order valence-electron chi connectivity index (χ0n) is 29.7. The van der Waals surface area contributed by atoms with E-state index in [1.54, 1.807) is 18.6 Å². The normalized spacial score (nSPS) is 17.5. The van der Waals surface area contributed by atoms with Gasteiger partial charge in [-0.05, 0) is 66.9 Å². The average molecular weight is 733 g/mol. The molecule has 0 saturated carbocycles. The second kappa shape index (κ2) is 16.1. The van der Waals surface area contributed by atoms with Crippen molar-refractivity contribution in [3.63, 3.8) is 0 Å². The number of amides is 1. The summed E-state index contributed by atoms with van der Waals surface area (Å²) in [5.74, 6) is 0.580. The first-order chi connectivity index (χ1) is 24.5. The Hall–Kier alpha value is -3.99. The maximum Gasteiger partial charge on any atom is 0.274 e. The number of piperidine rings is 1. The number of fused-ring (bicyclic) bond motifs is 1. The van der Waals surface area contributed by atoms with Crippen LogP contribution in [0.15, 0.2) is 67.0 Å². The molecular weight excluding hydrogens is 685 g/mol. The van der Waals surface area contributed by atoms with Crippen molar-refractivity contribution in [2.24, 2.45) is 0 Å². The lowest BCUT2D eigenvalue weighted by Gasteiger charge is -2.32. The standard InChI is InChI=1S/C36H48N8O5SSi/c1-5-50(46,47)41-30-7-6-14-42(24-30)23-27-12-13-37-32(21-27)36(45)40-29-10-8-28(9-11-29)33-22-31-34(43-15-17-48-18-16-43)38-25-39-35(31)44(33)26-49-19-20-51(2,3)4/h5,8-13,21-22,25,30,41H,1,6-7,14-20,23-24,26H2,2-4H3,(H,40,45). The molecule has 1 unspecified atom stereocenters. The van der Waals surface area contributed by atoms with Gasteiger partial charge in [-0.3, -0.25) is 14.7 Å². The van der Waals surface area contributed by atoms with Crippen LogP contribution in [0.5, 0.6) is 0 Å². The average Bonchev–Trinajstić information content (AvgIpc) is 3.49. The van der Waals surface area contributed by atoms with E-state index in [-0.39, 0.29) is 11.9 Å². The maximum absolute atomic E-state index is 13.3. The third-order valence-electron chi connectivity index (χ3n) is 9.15. The number of sulfonamides is 1. The number of likely N-dealkylation sites (tertiary alicyclic amines) is 1. The number of benzene rings is 1. The van der Waals surface area contributed by atoms with Crippen LogP contribution in [0.25, 0.3) is 22.3 Å². The van der Waals surface area contributed by atoms with Gasteiger partial charge in [-0.25, -0.2) is 23.1 Å². The Morgan fingerprint density at radius 2 is 1.86 bits per heavy atom. The first kappa shape index (κ1) is 36.8. The number of anilines is 2. The van der Waals surface area contributed by atoms with E-state index in [0.29, 0.717) is 51.0 Å². The van der Waals surface area contributed by atoms with Crippen LogP contribution < -0.4 is 14.9 Å². The van der Waals surface area contributed by atoms with Crippen molar-refractivity contribution >= 4 is 46.5 Å². The van der Waals surface area contributed by atoms with Gasteiger partial charge in [0.05, 0.1) is 24.3 Å². The highest BCUT2D eigenvalue weighted by atomic mass is 32.2. The smallest absolute Gasteiger partial charge is 0.274 e. The van der Waals surface area contributed by atoms with Crippen molar-refractivity contribution in [3.8, 4) is 11.3 Å². The monoisotopic (exact) mass is 732 g/mol. The van der Waals surface area contributed by atoms with Gasteiger partial charge in [-0.15, -0.1) is 0 Å². The zero-order valence-corrected chi connectivity index (χ0v) is 31.5. The number of aromatic nitrogens is 4. The van der Waals surface area contributed by atoms with Gasteiger partial charge in [0.25, 0.3) is 5.91 Å². The fourth-order valence-electron chi connectivity index (χ4n) is 6.43. The summed E-state index contributed by atoms with van der Waals surface area (Å²) < 4.78 is 40.6. The quantitative estimate of drug-likeness (QED) is 0.135. The van der Waals surface area contributed by atoms with E-state index >= 15 is 0 Å². The third-order valence-corrected chi connectivity index (χ3v) is 12.0. The zero-order chi connectivity index (χ0) is 36.0. The topological polar surface area (TPSA) is 144 Å². The van der Waals surface area contributed by atoms with Gasteiger partial charge in [0.15, 0.2) is 0 Å². The molecule has 0 aliphatic carbocycles. The first-order valence-corrected chi connectivity index (χ1v) is 22.7. The molecule has 0 spiro atoms. The Balaban J connectivity index is 1.16. The fraction of sp³-hybridized carbons (Fsp3) is 0.444. The molecule has 1 aromatic carbocycles. The highest BCUT2D eigenvalue weighted by molar-refractivity contribution is 7.92. The third kappa shape index (κ3) is 9.67. The number of hydrogen-bond donors (Lipinski definition) is 2. The van der Waals surface area contributed by atoms with Crippen LogP contribution in [-0.4, -0.2) is 98.9 Å². The Morgan fingerprint density at radius 1 is 1.08 bits per heavy atom. The lowest BCUT2D eigenvalue weighted by molar-refractivity contribution is 0.0909. The molecular formula is C36H48N8O5SSi. The Kier molecular flexibility index (Phi) is 11.6. The van der Waals surface area contributed by atoms with Crippen LogP contribution in [0.1, 0.15) is 28.9 Å². The molecule has 1 atom stereocenters. The number of pyridine rings is 1.